The molecule has 0 bridgehead atoms. The number of para-hydroxylation sites is 1. The number of nitrogens with zero attached hydrogens (tertiary/aromatic N) is 1. The van der Waals surface area contributed by atoms with E-state index in [2.05, 4.69) is 48.0 Å². The number of piperidine rings is 1. The Hall–Kier alpha value is -1.32. The Morgan fingerprint density at radius 2 is 2.15 bits per heavy atom. The fraction of sp³-hybridized carbons (Fsp3) is 0.529. The second kappa shape index (κ2) is 5.58. The normalized spacial score (nSPS) is 24.4. The van der Waals surface area contributed by atoms with Crippen molar-refractivity contribution < 1.29 is 0 Å². The number of nitrogens with one attached hydrogen (secondary N) is 1. The molecule has 0 amide bonds. The summed E-state index contributed by atoms with van der Waals surface area (Å²) in [5, 5.41) is 1.37. The Balaban J connectivity index is 1.81. The molecule has 108 valence electrons. The Kier molecular flexibility index (Phi) is 3.81. The summed E-state index contributed by atoms with van der Waals surface area (Å²) in [6.07, 6.45) is 2.31. The summed E-state index contributed by atoms with van der Waals surface area (Å²) in [5.41, 5.74) is 10.2. The molecule has 2 atom stereocenters. The van der Waals surface area contributed by atoms with E-state index in [4.69, 9.17) is 5.73 Å². The molecule has 1 saturated heterocycles. The Morgan fingerprint density at radius 3 is 2.95 bits per heavy atom. The van der Waals surface area contributed by atoms with E-state index in [0.717, 1.165) is 26.1 Å². The maximum Gasteiger partial charge on any atom is 0.0459 e. The van der Waals surface area contributed by atoms with Gasteiger partial charge < -0.3 is 10.7 Å². The molecule has 3 nitrogen and oxygen atoms in total. The molecular formula is C17H25N3. The molecule has 1 aliphatic heterocycles. The molecule has 20 heavy (non-hydrogen) atoms. The lowest BCUT2D eigenvalue weighted by atomic mass is 9.90. The minimum Gasteiger partial charge on any atom is -0.358 e. The Bertz CT molecular complexity index is 587. The lowest BCUT2D eigenvalue weighted by Crippen LogP contribution is -2.46. The maximum atomic E-state index is 6.21. The van der Waals surface area contributed by atoms with Crippen LogP contribution in [0.3, 0.4) is 0 Å². The van der Waals surface area contributed by atoms with Crippen LogP contribution in [0.4, 0.5) is 0 Å². The predicted octanol–water partition coefficient (Wildman–Crippen LogP) is 3.04. The molecule has 0 spiro atoms. The number of aromatic amines is 1. The smallest absolute Gasteiger partial charge is 0.0459 e. The van der Waals surface area contributed by atoms with Crippen molar-refractivity contribution in [2.75, 3.05) is 13.1 Å². The van der Waals surface area contributed by atoms with Crippen molar-refractivity contribution in [3.63, 3.8) is 0 Å². The third kappa shape index (κ3) is 2.48. The van der Waals surface area contributed by atoms with Crippen LogP contribution in [0.1, 0.15) is 31.0 Å². The second-order valence-electron chi connectivity index (χ2n) is 6.13. The lowest BCUT2D eigenvalue weighted by Gasteiger charge is -2.36. The molecule has 2 aromatic rings. The van der Waals surface area contributed by atoms with Crippen LogP contribution >= 0.6 is 0 Å². The first-order chi connectivity index (χ1) is 9.69. The zero-order valence-electron chi connectivity index (χ0n) is 12.5. The third-order valence-corrected chi connectivity index (χ3v) is 4.81. The number of likely N-dealkylation sites (tertiary alicyclic amines) is 1. The summed E-state index contributed by atoms with van der Waals surface area (Å²) >= 11 is 0. The molecule has 0 aliphatic carbocycles. The number of hydrogen-bond donors (Lipinski definition) is 2. The number of fused-ring (bicyclic) bond motifs is 1. The summed E-state index contributed by atoms with van der Waals surface area (Å²) in [7, 11) is 0. The van der Waals surface area contributed by atoms with Gasteiger partial charge in [0, 0.05) is 35.7 Å². The van der Waals surface area contributed by atoms with Gasteiger partial charge in [0.15, 0.2) is 0 Å². The van der Waals surface area contributed by atoms with Crippen molar-refractivity contribution in [1.82, 2.24) is 9.88 Å². The Labute approximate surface area is 121 Å². The van der Waals surface area contributed by atoms with Gasteiger partial charge in [0.1, 0.15) is 0 Å². The van der Waals surface area contributed by atoms with Crippen molar-refractivity contribution in [1.29, 1.82) is 0 Å². The minimum absolute atomic E-state index is 0.389. The number of rotatable bonds is 3. The van der Waals surface area contributed by atoms with Crippen LogP contribution < -0.4 is 5.73 Å². The average Bonchev–Trinajstić information content (AvgIpc) is 2.77. The fourth-order valence-corrected chi connectivity index (χ4v) is 3.46. The van der Waals surface area contributed by atoms with E-state index in [0.29, 0.717) is 12.0 Å². The molecule has 2 heterocycles. The van der Waals surface area contributed by atoms with E-state index >= 15 is 0 Å². The quantitative estimate of drug-likeness (QED) is 0.901. The number of hydrogen-bond acceptors (Lipinski definition) is 2. The van der Waals surface area contributed by atoms with Gasteiger partial charge >= 0.3 is 0 Å². The van der Waals surface area contributed by atoms with Crippen molar-refractivity contribution in [2.45, 2.75) is 39.3 Å². The zero-order valence-corrected chi connectivity index (χ0v) is 12.5. The molecule has 3 N–H and O–H groups in total. The number of benzene rings is 1. The molecule has 1 aromatic heterocycles. The first-order valence-corrected chi connectivity index (χ1v) is 7.73. The first kappa shape index (κ1) is 13.7. The van der Waals surface area contributed by atoms with Crippen LogP contribution in [0.25, 0.3) is 10.9 Å². The molecule has 1 aliphatic rings. The standard InChI is InChI=1S/C17H25N3/c1-3-13-10-20(9-8-16(13)18)11-15-12(2)19-17-7-5-4-6-14(15)17/h4-7,13,16,19H,3,8-11,18H2,1-2H3. The molecule has 1 aromatic carbocycles. The third-order valence-electron chi connectivity index (χ3n) is 4.81. The van der Waals surface area contributed by atoms with Crippen molar-refractivity contribution in [2.24, 2.45) is 11.7 Å². The molecule has 0 saturated carbocycles. The van der Waals surface area contributed by atoms with Crippen LogP contribution in [0.15, 0.2) is 24.3 Å². The first-order valence-electron chi connectivity index (χ1n) is 7.73. The van der Waals surface area contributed by atoms with Crippen LogP contribution in [-0.2, 0) is 6.54 Å². The van der Waals surface area contributed by atoms with E-state index in [-0.39, 0.29) is 0 Å². The lowest BCUT2D eigenvalue weighted by molar-refractivity contribution is 0.145. The van der Waals surface area contributed by atoms with Crippen LogP contribution in [0.2, 0.25) is 0 Å². The topological polar surface area (TPSA) is 45.0 Å². The number of nitrogens with two attached hydrogens (primary N) is 1. The van der Waals surface area contributed by atoms with Gasteiger partial charge in [-0.25, -0.2) is 0 Å². The van der Waals surface area contributed by atoms with Crippen molar-refractivity contribution in [3.05, 3.63) is 35.5 Å². The van der Waals surface area contributed by atoms with Gasteiger partial charge in [0.05, 0.1) is 0 Å². The van der Waals surface area contributed by atoms with E-state index < -0.39 is 0 Å². The highest BCUT2D eigenvalue weighted by molar-refractivity contribution is 5.84. The summed E-state index contributed by atoms with van der Waals surface area (Å²) < 4.78 is 0. The van der Waals surface area contributed by atoms with E-state index in [1.54, 1.807) is 0 Å². The summed E-state index contributed by atoms with van der Waals surface area (Å²) in [6.45, 7) is 7.74. The highest BCUT2D eigenvalue weighted by atomic mass is 15.1. The molecule has 3 heteroatoms. The Morgan fingerprint density at radius 1 is 1.35 bits per heavy atom. The molecule has 1 fully saturated rings. The van der Waals surface area contributed by atoms with Gasteiger partial charge in [-0.3, -0.25) is 4.90 Å². The SMILES string of the molecule is CCC1CN(Cc2c(C)[nH]c3ccccc23)CCC1N. The van der Waals surface area contributed by atoms with E-state index in [1.807, 2.05) is 0 Å². The summed E-state index contributed by atoms with van der Waals surface area (Å²) in [5.74, 6) is 0.647. The van der Waals surface area contributed by atoms with Gasteiger partial charge in [-0.05, 0) is 37.4 Å². The van der Waals surface area contributed by atoms with E-state index in [1.165, 1.54) is 28.6 Å². The predicted molar refractivity (Wildman–Crippen MR) is 84.7 cm³/mol. The molecule has 0 radical (unpaired) electrons. The van der Waals surface area contributed by atoms with Crippen molar-refractivity contribution >= 4 is 10.9 Å². The van der Waals surface area contributed by atoms with E-state index in [9.17, 15) is 0 Å². The average molecular weight is 271 g/mol. The number of aromatic nitrogens is 1. The highest BCUT2D eigenvalue weighted by Crippen LogP contribution is 2.26. The number of H-pyrrole nitrogens is 1. The van der Waals surface area contributed by atoms with Gasteiger partial charge in [-0.1, -0.05) is 31.5 Å². The molecule has 2 unspecified atom stereocenters. The maximum absolute atomic E-state index is 6.21. The number of aryl methyl sites for hydroxylation is 1. The molecule has 3 rings (SSSR count). The monoisotopic (exact) mass is 271 g/mol. The van der Waals surface area contributed by atoms with Crippen LogP contribution in [0.5, 0.6) is 0 Å². The summed E-state index contributed by atoms with van der Waals surface area (Å²) in [6, 6.07) is 8.99. The zero-order chi connectivity index (χ0) is 14.1. The van der Waals surface area contributed by atoms with Gasteiger partial charge in [0.25, 0.3) is 0 Å². The van der Waals surface area contributed by atoms with Crippen LogP contribution in [0, 0.1) is 12.8 Å². The second-order valence-corrected chi connectivity index (χ2v) is 6.13. The molecular weight excluding hydrogens is 246 g/mol. The highest BCUT2D eigenvalue weighted by Gasteiger charge is 2.25. The van der Waals surface area contributed by atoms with Crippen molar-refractivity contribution in [3.8, 4) is 0 Å². The fourth-order valence-electron chi connectivity index (χ4n) is 3.46. The van der Waals surface area contributed by atoms with Gasteiger partial charge in [0.2, 0.25) is 0 Å². The van der Waals surface area contributed by atoms with Gasteiger partial charge in [-0.2, -0.15) is 0 Å². The largest absolute Gasteiger partial charge is 0.358 e. The summed E-state index contributed by atoms with van der Waals surface area (Å²) in [4.78, 5) is 6.07. The van der Waals surface area contributed by atoms with Gasteiger partial charge in [-0.15, -0.1) is 0 Å². The minimum atomic E-state index is 0.389. The van der Waals surface area contributed by atoms with Crippen LogP contribution in [-0.4, -0.2) is 29.0 Å².